The Kier molecular flexibility index (Phi) is 3.00. The molecule has 1 fully saturated rings. The maximum atomic E-state index is 13.7. The molecule has 4 atom stereocenters. The number of fused-ring (bicyclic) bond motifs is 1. The Morgan fingerprint density at radius 3 is 2.95 bits per heavy atom. The number of nitrogens with two attached hydrogens (primary N) is 1. The van der Waals surface area contributed by atoms with E-state index < -0.39 is 31.2 Å². The van der Waals surface area contributed by atoms with Crippen LogP contribution in [0.25, 0.3) is 10.9 Å². The number of anilines is 1. The molecule has 0 amide bonds. The van der Waals surface area contributed by atoms with Crippen molar-refractivity contribution in [3.05, 3.63) is 28.7 Å². The van der Waals surface area contributed by atoms with Gasteiger partial charge in [0.1, 0.15) is 18.0 Å². The fraction of sp³-hybridized carbons (Fsp3) is 0.417. The molecule has 0 aliphatic carbocycles. The van der Waals surface area contributed by atoms with Crippen molar-refractivity contribution in [3.8, 4) is 0 Å². The molecule has 2 aromatic heterocycles. The lowest BCUT2D eigenvalue weighted by Crippen LogP contribution is -2.29. The highest BCUT2D eigenvalue weighted by Crippen LogP contribution is 2.33. The molecule has 0 radical (unpaired) electrons. The van der Waals surface area contributed by atoms with E-state index in [2.05, 4.69) is 4.98 Å². The first-order chi connectivity index (χ1) is 9.52. The van der Waals surface area contributed by atoms with Crippen molar-refractivity contribution in [3.63, 3.8) is 0 Å². The summed E-state index contributed by atoms with van der Waals surface area (Å²) >= 11 is 0. The molecule has 1 aliphatic rings. The largest absolute Gasteiger partial charge is 0.394 e. The van der Waals surface area contributed by atoms with Crippen LogP contribution in [0.2, 0.25) is 0 Å². The Hall–Kier alpha value is -1.90. The van der Waals surface area contributed by atoms with Crippen LogP contribution in [0.3, 0.4) is 0 Å². The molecule has 1 aliphatic heterocycles. The fourth-order valence-corrected chi connectivity index (χ4v) is 2.49. The van der Waals surface area contributed by atoms with E-state index in [0.29, 0.717) is 10.9 Å². The van der Waals surface area contributed by atoms with Gasteiger partial charge in [0.2, 0.25) is 0 Å². The van der Waals surface area contributed by atoms with E-state index in [4.69, 9.17) is 15.6 Å². The summed E-state index contributed by atoms with van der Waals surface area (Å²) in [4.78, 5) is 14.2. The number of rotatable bonds is 2. The minimum Gasteiger partial charge on any atom is -0.394 e. The summed E-state index contributed by atoms with van der Waals surface area (Å²) in [5.41, 5.74) is 5.64. The molecule has 1 saturated heterocycles. The predicted octanol–water partition coefficient (Wildman–Crippen LogP) is -0.500. The van der Waals surface area contributed by atoms with E-state index in [1.807, 2.05) is 0 Å². The number of aliphatic hydroxyl groups is 2. The van der Waals surface area contributed by atoms with E-state index in [1.165, 1.54) is 22.9 Å². The maximum Gasteiger partial charge on any atom is 0.258 e. The molecule has 0 spiro atoms. The van der Waals surface area contributed by atoms with E-state index in [9.17, 15) is 14.3 Å². The van der Waals surface area contributed by atoms with Crippen molar-refractivity contribution < 1.29 is 19.3 Å². The number of ether oxygens (including phenoxy) is 1. The van der Waals surface area contributed by atoms with E-state index in [-0.39, 0.29) is 11.4 Å². The first-order valence-electron chi connectivity index (χ1n) is 6.10. The molecule has 8 heteroatoms. The van der Waals surface area contributed by atoms with Crippen molar-refractivity contribution in [2.75, 3.05) is 12.3 Å². The molecule has 7 nitrogen and oxygen atoms in total. The van der Waals surface area contributed by atoms with Crippen LogP contribution < -0.4 is 11.3 Å². The number of aromatic nitrogens is 2. The van der Waals surface area contributed by atoms with Crippen LogP contribution in [0.4, 0.5) is 10.2 Å². The third kappa shape index (κ3) is 1.80. The number of nitrogens with one attached hydrogen (secondary N) is 1. The van der Waals surface area contributed by atoms with Crippen molar-refractivity contribution in [2.24, 2.45) is 0 Å². The lowest BCUT2D eigenvalue weighted by molar-refractivity contribution is -0.0490. The van der Waals surface area contributed by atoms with Gasteiger partial charge in [-0.3, -0.25) is 4.79 Å². The second-order valence-electron chi connectivity index (χ2n) is 4.76. The van der Waals surface area contributed by atoms with Crippen molar-refractivity contribution in [1.29, 1.82) is 0 Å². The molecule has 0 aromatic carbocycles. The number of H-pyrrole nitrogens is 1. The number of halogens is 1. The van der Waals surface area contributed by atoms with Crippen LogP contribution in [-0.4, -0.2) is 44.8 Å². The maximum absolute atomic E-state index is 13.7. The molecule has 108 valence electrons. The van der Waals surface area contributed by atoms with Crippen LogP contribution in [-0.2, 0) is 4.74 Å². The van der Waals surface area contributed by atoms with Crippen LogP contribution in [0.5, 0.6) is 0 Å². The molecule has 0 saturated carbocycles. The predicted molar refractivity (Wildman–Crippen MR) is 68.9 cm³/mol. The summed E-state index contributed by atoms with van der Waals surface area (Å²) in [6.45, 7) is -0.531. The molecule has 2 aromatic rings. The number of pyridine rings is 1. The van der Waals surface area contributed by atoms with Gasteiger partial charge < -0.3 is 30.2 Å². The molecule has 3 rings (SSSR count). The van der Waals surface area contributed by atoms with Gasteiger partial charge in [-0.15, -0.1) is 0 Å². The first kappa shape index (κ1) is 13.1. The van der Waals surface area contributed by atoms with E-state index >= 15 is 0 Å². The van der Waals surface area contributed by atoms with Crippen LogP contribution in [0, 0.1) is 0 Å². The van der Waals surface area contributed by atoms with Gasteiger partial charge in [-0.25, -0.2) is 4.39 Å². The molecular weight excluding hydrogens is 269 g/mol. The number of hydrogen-bond donors (Lipinski definition) is 4. The van der Waals surface area contributed by atoms with Crippen LogP contribution in [0.1, 0.15) is 6.23 Å². The summed E-state index contributed by atoms with van der Waals surface area (Å²) < 4.78 is 20.5. The van der Waals surface area contributed by atoms with Gasteiger partial charge in [-0.05, 0) is 6.07 Å². The summed E-state index contributed by atoms with van der Waals surface area (Å²) in [6.07, 6.45) is -3.71. The van der Waals surface area contributed by atoms with Gasteiger partial charge in [-0.1, -0.05) is 0 Å². The monoisotopic (exact) mass is 283 g/mol. The Morgan fingerprint density at radius 2 is 2.30 bits per heavy atom. The number of nitrogens with zero attached hydrogens (tertiary/aromatic N) is 1. The van der Waals surface area contributed by atoms with Gasteiger partial charge in [0, 0.05) is 12.3 Å². The summed E-state index contributed by atoms with van der Waals surface area (Å²) in [7, 11) is 0. The van der Waals surface area contributed by atoms with E-state index in [0.717, 1.165) is 0 Å². The highest BCUT2D eigenvalue weighted by molar-refractivity contribution is 5.81. The van der Waals surface area contributed by atoms with Gasteiger partial charge in [0.05, 0.1) is 17.5 Å². The lowest BCUT2D eigenvalue weighted by Gasteiger charge is -2.17. The summed E-state index contributed by atoms with van der Waals surface area (Å²) in [5.74, 6) is 0.158. The zero-order valence-electron chi connectivity index (χ0n) is 10.4. The Bertz CT molecular complexity index is 698. The van der Waals surface area contributed by atoms with Gasteiger partial charge >= 0.3 is 0 Å². The first-order valence-corrected chi connectivity index (χ1v) is 6.10. The normalized spacial score (nSPS) is 30.1. The third-order valence-corrected chi connectivity index (χ3v) is 3.49. The quantitative estimate of drug-likeness (QED) is 0.593. The average Bonchev–Trinajstić information content (AvgIpc) is 2.93. The molecule has 0 bridgehead atoms. The second kappa shape index (κ2) is 4.58. The number of alkyl halides is 1. The highest BCUT2D eigenvalue weighted by Gasteiger charge is 2.45. The number of hydrogen-bond acceptors (Lipinski definition) is 5. The minimum absolute atomic E-state index is 0.158. The van der Waals surface area contributed by atoms with Crippen molar-refractivity contribution in [1.82, 2.24) is 9.55 Å². The molecule has 5 N–H and O–H groups in total. The fourth-order valence-electron chi connectivity index (χ4n) is 2.49. The van der Waals surface area contributed by atoms with Crippen molar-refractivity contribution >= 4 is 16.7 Å². The minimum atomic E-state index is -1.69. The molecule has 3 heterocycles. The Labute approximate surface area is 112 Å². The Balaban J connectivity index is 2.09. The third-order valence-electron chi connectivity index (χ3n) is 3.49. The lowest BCUT2D eigenvalue weighted by atomic mass is 10.1. The SMILES string of the molecule is Nc1cc2c(ccn2[C@@H]2O[C@H](CO)C(F)[C@@H]2O)c(=O)[nH]1. The zero-order chi connectivity index (χ0) is 14.4. The van der Waals surface area contributed by atoms with Crippen molar-refractivity contribution in [2.45, 2.75) is 24.6 Å². The van der Waals surface area contributed by atoms with Gasteiger partial charge in [0.25, 0.3) is 5.56 Å². The number of aromatic amines is 1. The number of nitrogen functional groups attached to an aromatic ring is 1. The smallest absolute Gasteiger partial charge is 0.258 e. The highest BCUT2D eigenvalue weighted by atomic mass is 19.1. The van der Waals surface area contributed by atoms with Crippen LogP contribution >= 0.6 is 0 Å². The second-order valence-corrected chi connectivity index (χ2v) is 4.76. The van der Waals surface area contributed by atoms with E-state index in [1.54, 1.807) is 0 Å². The van der Waals surface area contributed by atoms with Gasteiger partial charge in [0.15, 0.2) is 12.4 Å². The Morgan fingerprint density at radius 1 is 1.55 bits per heavy atom. The zero-order valence-corrected chi connectivity index (χ0v) is 10.4. The topological polar surface area (TPSA) is 114 Å². The van der Waals surface area contributed by atoms with Crippen LogP contribution in [0.15, 0.2) is 23.1 Å². The summed E-state index contributed by atoms with van der Waals surface area (Å²) in [6, 6.07) is 3.04. The molecule has 1 unspecified atom stereocenters. The summed E-state index contributed by atoms with van der Waals surface area (Å²) in [5, 5.41) is 19.2. The average molecular weight is 283 g/mol. The van der Waals surface area contributed by atoms with Gasteiger partial charge in [-0.2, -0.15) is 0 Å². The molecular formula is C12H14FN3O4. The number of aliphatic hydroxyl groups excluding tert-OH is 2. The standard InChI is InChI=1S/C12H14FN3O4/c13-9-7(4-17)20-12(10(9)18)16-2-1-5-6(16)3-8(14)15-11(5)19/h1-3,7,9-10,12,17-18H,4H2,(H3,14,15,19)/t7-,9?,10+,12-/m1/s1. The molecule has 20 heavy (non-hydrogen) atoms.